The highest BCUT2D eigenvalue weighted by Gasteiger charge is 2.24. The second-order valence-electron chi connectivity index (χ2n) is 6.42. The molecule has 0 fully saturated rings. The predicted molar refractivity (Wildman–Crippen MR) is 93.1 cm³/mol. The van der Waals surface area contributed by atoms with Crippen LogP contribution in [-0.4, -0.2) is 46.7 Å². The Morgan fingerprint density at radius 1 is 1.27 bits per heavy atom. The van der Waals surface area contributed by atoms with Gasteiger partial charge in [0, 0.05) is 31.1 Å². The fraction of sp³-hybridized carbons (Fsp3) is 0.389. The van der Waals surface area contributed by atoms with Gasteiger partial charge >= 0.3 is 0 Å². The van der Waals surface area contributed by atoms with Gasteiger partial charge in [0.15, 0.2) is 17.3 Å². The Kier molecular flexibility index (Phi) is 4.24. The number of nitrogens with one attached hydrogen (secondary N) is 2. The molecule has 2 amide bonds. The first-order valence-corrected chi connectivity index (χ1v) is 8.60. The molecule has 1 aromatic heterocycles. The fourth-order valence-electron chi connectivity index (χ4n) is 3.23. The maximum atomic E-state index is 12.4. The van der Waals surface area contributed by atoms with Crippen LogP contribution in [0.4, 0.5) is 5.82 Å². The lowest BCUT2D eigenvalue weighted by atomic mass is 10.1. The summed E-state index contributed by atoms with van der Waals surface area (Å²) in [5.41, 5.74) is 2.68. The number of carbonyl (C=O) groups excluding carboxylic acids is 2. The first kappa shape index (κ1) is 16.4. The van der Waals surface area contributed by atoms with Gasteiger partial charge in [-0.15, -0.1) is 0 Å². The lowest BCUT2D eigenvalue weighted by Crippen LogP contribution is -2.34. The maximum absolute atomic E-state index is 12.4. The van der Waals surface area contributed by atoms with Gasteiger partial charge in [0.25, 0.3) is 0 Å². The molecule has 2 N–H and O–H groups in total. The molecule has 1 aromatic carbocycles. The normalized spacial score (nSPS) is 15.3. The Morgan fingerprint density at radius 3 is 2.88 bits per heavy atom. The van der Waals surface area contributed by atoms with E-state index in [1.165, 1.54) is 0 Å². The summed E-state index contributed by atoms with van der Waals surface area (Å²) in [6, 6.07) is 5.49. The number of rotatable bonds is 3. The van der Waals surface area contributed by atoms with Crippen LogP contribution in [0.15, 0.2) is 18.2 Å². The molecule has 4 rings (SSSR count). The van der Waals surface area contributed by atoms with Gasteiger partial charge < -0.3 is 19.7 Å². The molecule has 3 heterocycles. The van der Waals surface area contributed by atoms with Gasteiger partial charge in [0.1, 0.15) is 13.2 Å². The summed E-state index contributed by atoms with van der Waals surface area (Å²) in [4.78, 5) is 25.8. The number of anilines is 1. The van der Waals surface area contributed by atoms with E-state index in [2.05, 4.69) is 15.5 Å². The van der Waals surface area contributed by atoms with E-state index in [0.717, 1.165) is 16.8 Å². The molecule has 0 radical (unpaired) electrons. The standard InChI is InChI=1S/C18H20N4O4/c1-11(23)22-5-4-14-13(10-22)18(21-20-14)19-17(24)9-12-2-3-15-16(8-12)26-7-6-25-15/h2-3,8H,4-7,9-10H2,1H3,(H2,19,20,21,24). The van der Waals surface area contributed by atoms with Crippen LogP contribution in [-0.2, 0) is 29.0 Å². The molecule has 0 spiro atoms. The Hall–Kier alpha value is -3.03. The van der Waals surface area contributed by atoms with Crippen LogP contribution in [0.1, 0.15) is 23.7 Å². The van der Waals surface area contributed by atoms with Gasteiger partial charge in [-0.1, -0.05) is 6.07 Å². The molecule has 0 saturated heterocycles. The Morgan fingerprint density at radius 2 is 2.08 bits per heavy atom. The average molecular weight is 356 g/mol. The summed E-state index contributed by atoms with van der Waals surface area (Å²) in [5, 5.41) is 10.0. The molecule has 0 saturated carbocycles. The highest BCUT2D eigenvalue weighted by Crippen LogP contribution is 2.31. The van der Waals surface area contributed by atoms with Crippen molar-refractivity contribution in [2.24, 2.45) is 0 Å². The molecule has 0 unspecified atom stereocenters. The van der Waals surface area contributed by atoms with E-state index in [-0.39, 0.29) is 18.2 Å². The second kappa shape index (κ2) is 6.70. The smallest absolute Gasteiger partial charge is 0.230 e. The van der Waals surface area contributed by atoms with Crippen molar-refractivity contribution in [3.05, 3.63) is 35.0 Å². The van der Waals surface area contributed by atoms with Gasteiger partial charge in [0.2, 0.25) is 11.8 Å². The van der Waals surface area contributed by atoms with Gasteiger partial charge in [-0.3, -0.25) is 14.7 Å². The minimum absolute atomic E-state index is 0.0189. The van der Waals surface area contributed by atoms with E-state index in [1.54, 1.807) is 11.8 Å². The van der Waals surface area contributed by atoms with Crippen LogP contribution < -0.4 is 14.8 Å². The van der Waals surface area contributed by atoms with E-state index in [4.69, 9.17) is 9.47 Å². The zero-order valence-electron chi connectivity index (χ0n) is 14.5. The van der Waals surface area contributed by atoms with Gasteiger partial charge in [-0.2, -0.15) is 5.10 Å². The predicted octanol–water partition coefficient (Wildman–Crippen LogP) is 1.27. The Balaban J connectivity index is 1.45. The third kappa shape index (κ3) is 3.22. The van der Waals surface area contributed by atoms with Gasteiger partial charge in [0.05, 0.1) is 13.0 Å². The quantitative estimate of drug-likeness (QED) is 0.863. The van der Waals surface area contributed by atoms with Crippen LogP contribution in [0.3, 0.4) is 0 Å². The minimum Gasteiger partial charge on any atom is -0.486 e. The molecule has 0 atom stereocenters. The third-order valence-corrected chi connectivity index (χ3v) is 4.61. The van der Waals surface area contributed by atoms with Crippen LogP contribution in [0.2, 0.25) is 0 Å². The van der Waals surface area contributed by atoms with Crippen LogP contribution in [0, 0.1) is 0 Å². The molecule has 8 nitrogen and oxygen atoms in total. The van der Waals surface area contributed by atoms with Crippen molar-refractivity contribution in [3.8, 4) is 11.5 Å². The number of hydrogen-bond donors (Lipinski definition) is 2. The molecule has 0 bridgehead atoms. The van der Waals surface area contributed by atoms with Crippen molar-refractivity contribution in [2.75, 3.05) is 25.1 Å². The minimum atomic E-state index is -0.170. The van der Waals surface area contributed by atoms with Crippen molar-refractivity contribution < 1.29 is 19.1 Å². The van der Waals surface area contributed by atoms with E-state index in [9.17, 15) is 9.59 Å². The molecule has 2 aromatic rings. The van der Waals surface area contributed by atoms with Crippen LogP contribution >= 0.6 is 0 Å². The first-order chi connectivity index (χ1) is 12.6. The van der Waals surface area contributed by atoms with Crippen molar-refractivity contribution in [3.63, 3.8) is 0 Å². The molecule has 26 heavy (non-hydrogen) atoms. The molecule has 2 aliphatic heterocycles. The Bertz CT molecular complexity index is 861. The average Bonchev–Trinajstić information content (AvgIpc) is 3.03. The first-order valence-electron chi connectivity index (χ1n) is 8.60. The summed E-state index contributed by atoms with van der Waals surface area (Å²) in [5.74, 6) is 1.71. The summed E-state index contributed by atoms with van der Waals surface area (Å²) < 4.78 is 11.0. The summed E-state index contributed by atoms with van der Waals surface area (Å²) in [6.45, 7) is 3.71. The lowest BCUT2D eigenvalue weighted by molar-refractivity contribution is -0.129. The molecule has 0 aliphatic carbocycles. The summed E-state index contributed by atoms with van der Waals surface area (Å²) >= 11 is 0. The molecular formula is C18H20N4O4. The van der Waals surface area contributed by atoms with Crippen LogP contribution in [0.25, 0.3) is 0 Å². The fourth-order valence-corrected chi connectivity index (χ4v) is 3.23. The van der Waals surface area contributed by atoms with E-state index in [1.807, 2.05) is 18.2 Å². The number of nitrogens with zero attached hydrogens (tertiary/aromatic N) is 2. The third-order valence-electron chi connectivity index (χ3n) is 4.61. The van der Waals surface area contributed by atoms with Crippen molar-refractivity contribution in [1.29, 1.82) is 0 Å². The monoisotopic (exact) mass is 356 g/mol. The largest absolute Gasteiger partial charge is 0.486 e. The number of H-pyrrole nitrogens is 1. The summed E-state index contributed by atoms with van der Waals surface area (Å²) in [6.07, 6.45) is 0.911. The van der Waals surface area contributed by atoms with E-state index >= 15 is 0 Å². The van der Waals surface area contributed by atoms with E-state index < -0.39 is 0 Å². The topological polar surface area (TPSA) is 96.6 Å². The number of hydrogen-bond acceptors (Lipinski definition) is 5. The summed E-state index contributed by atoms with van der Waals surface area (Å²) in [7, 11) is 0. The zero-order valence-corrected chi connectivity index (χ0v) is 14.5. The number of benzene rings is 1. The number of carbonyl (C=O) groups is 2. The van der Waals surface area contributed by atoms with Crippen molar-refractivity contribution in [1.82, 2.24) is 15.1 Å². The maximum Gasteiger partial charge on any atom is 0.230 e. The number of aromatic amines is 1. The lowest BCUT2D eigenvalue weighted by Gasteiger charge is -2.25. The number of ether oxygens (including phenoxy) is 2. The van der Waals surface area contributed by atoms with Crippen molar-refractivity contribution >= 4 is 17.6 Å². The van der Waals surface area contributed by atoms with Gasteiger partial charge in [-0.25, -0.2) is 0 Å². The number of aromatic nitrogens is 2. The van der Waals surface area contributed by atoms with Gasteiger partial charge in [-0.05, 0) is 17.7 Å². The molecule has 8 heteroatoms. The second-order valence-corrected chi connectivity index (χ2v) is 6.42. The Labute approximate surface area is 150 Å². The zero-order chi connectivity index (χ0) is 18.1. The molecular weight excluding hydrogens is 336 g/mol. The number of amides is 2. The SMILES string of the molecule is CC(=O)N1CCc2[nH]nc(NC(=O)Cc3ccc4c(c3)OCCO4)c2C1. The van der Waals surface area contributed by atoms with Crippen molar-refractivity contribution in [2.45, 2.75) is 26.3 Å². The van der Waals surface area contributed by atoms with Crippen LogP contribution in [0.5, 0.6) is 11.5 Å². The number of fused-ring (bicyclic) bond motifs is 2. The molecule has 2 aliphatic rings. The highest BCUT2D eigenvalue weighted by molar-refractivity contribution is 5.92. The molecule has 136 valence electrons. The highest BCUT2D eigenvalue weighted by atomic mass is 16.6. The van der Waals surface area contributed by atoms with E-state index in [0.29, 0.717) is 50.0 Å².